The molecule has 0 saturated carbocycles. The predicted molar refractivity (Wildman–Crippen MR) is 42.2 cm³/mol. The number of carbonyl (C=O) groups excluding carboxylic acids is 1. The van der Waals surface area contributed by atoms with E-state index in [0.29, 0.717) is 0 Å². The molecule has 11 heavy (non-hydrogen) atoms. The summed E-state index contributed by atoms with van der Waals surface area (Å²) >= 11 is 0. The summed E-state index contributed by atoms with van der Waals surface area (Å²) in [5.74, 6) is 0. The van der Waals surface area contributed by atoms with E-state index in [0.717, 1.165) is 0 Å². The summed E-state index contributed by atoms with van der Waals surface area (Å²) in [7, 11) is -1.95. The van der Waals surface area contributed by atoms with Gasteiger partial charge >= 0.3 is 13.1 Å². The molecule has 0 aliphatic heterocycles. The Kier molecular flexibility index (Phi) is 4.38. The average molecular weight is 180 g/mol. The Bertz CT molecular complexity index is 177. The van der Waals surface area contributed by atoms with Crippen molar-refractivity contribution in [3.63, 3.8) is 0 Å². The smallest absolute Gasteiger partial charge is 0.391 e. The first-order chi connectivity index (χ1) is 5.10. The molecule has 0 saturated heterocycles. The molecule has 0 spiro atoms. The van der Waals surface area contributed by atoms with E-state index in [9.17, 15) is 9.36 Å². The Morgan fingerprint density at radius 2 is 2.00 bits per heavy atom. The lowest BCUT2D eigenvalue weighted by molar-refractivity contribution is 0.189. The second kappa shape index (κ2) is 4.52. The van der Waals surface area contributed by atoms with Gasteiger partial charge in [-0.1, -0.05) is 6.92 Å². The van der Waals surface area contributed by atoms with E-state index in [-0.39, 0.29) is 12.8 Å². The molecule has 0 aromatic rings. The molecule has 0 fully saturated rings. The Hall–Kier alpha value is -0.340. The van der Waals surface area contributed by atoms with Crippen molar-refractivity contribution in [2.45, 2.75) is 13.8 Å². The normalized spacial score (nSPS) is 15.5. The molecule has 0 aliphatic carbocycles. The fourth-order valence-electron chi connectivity index (χ4n) is 0.621. The number of rotatable bonds is 4. The topological polar surface area (TPSA) is 52.6 Å². The maximum absolute atomic E-state index is 11.4. The third-order valence-corrected chi connectivity index (χ3v) is 3.45. The largest absolute Gasteiger partial charge is 0.462 e. The Morgan fingerprint density at radius 1 is 1.45 bits per heavy atom. The summed E-state index contributed by atoms with van der Waals surface area (Å²) in [5.41, 5.74) is -0.748. The molecule has 0 bridgehead atoms. The zero-order valence-corrected chi connectivity index (χ0v) is 7.89. The van der Waals surface area contributed by atoms with Gasteiger partial charge in [0.25, 0.3) is 0 Å². The summed E-state index contributed by atoms with van der Waals surface area (Å²) in [4.78, 5) is 10.8. The van der Waals surface area contributed by atoms with E-state index < -0.39 is 13.1 Å². The molecule has 0 heterocycles. The van der Waals surface area contributed by atoms with E-state index >= 15 is 0 Å². The second-order valence-corrected chi connectivity index (χ2v) is 4.48. The predicted octanol–water partition coefficient (Wildman–Crippen LogP) is 2.09. The van der Waals surface area contributed by atoms with Gasteiger partial charge in [-0.3, -0.25) is 4.57 Å². The molecule has 0 radical (unpaired) electrons. The first-order valence-electron chi connectivity index (χ1n) is 3.42. The van der Waals surface area contributed by atoms with Crippen LogP contribution >= 0.6 is 7.37 Å². The Balaban J connectivity index is 4.33. The third-order valence-electron chi connectivity index (χ3n) is 1.21. The van der Waals surface area contributed by atoms with Gasteiger partial charge in [0, 0.05) is 6.16 Å². The molecule has 0 aliphatic rings. The first kappa shape index (κ1) is 10.7. The van der Waals surface area contributed by atoms with Crippen LogP contribution in [0, 0.1) is 0 Å². The van der Waals surface area contributed by atoms with Gasteiger partial charge in [-0.15, -0.1) is 0 Å². The number of hydrogen-bond acceptors (Lipinski definition) is 4. The highest BCUT2D eigenvalue weighted by Crippen LogP contribution is 2.47. The van der Waals surface area contributed by atoms with Crippen molar-refractivity contribution in [2.75, 3.05) is 19.9 Å². The maximum atomic E-state index is 11.4. The number of methoxy groups -OCH3 is 1. The van der Waals surface area contributed by atoms with E-state index in [1.54, 1.807) is 13.8 Å². The zero-order chi connectivity index (χ0) is 8.91. The van der Waals surface area contributed by atoms with Gasteiger partial charge < -0.3 is 9.26 Å². The maximum Gasteiger partial charge on any atom is 0.391 e. The lowest BCUT2D eigenvalue weighted by Crippen LogP contribution is -2.05. The third kappa shape index (κ3) is 2.64. The fraction of sp³-hybridized carbons (Fsp3) is 0.833. The van der Waals surface area contributed by atoms with E-state index in [1.807, 2.05) is 0 Å². The minimum absolute atomic E-state index is 0.188. The van der Waals surface area contributed by atoms with Crippen LogP contribution in [0.15, 0.2) is 0 Å². The van der Waals surface area contributed by atoms with Crippen LogP contribution in [0.25, 0.3) is 0 Å². The number of carbonyl (C=O) groups is 1. The Morgan fingerprint density at radius 3 is 2.27 bits per heavy atom. The summed E-state index contributed by atoms with van der Waals surface area (Å²) in [5, 5.41) is 0. The lowest BCUT2D eigenvalue weighted by atomic mass is 10.9. The van der Waals surface area contributed by atoms with Gasteiger partial charge in [0.15, 0.2) is 0 Å². The highest BCUT2D eigenvalue weighted by Gasteiger charge is 2.31. The quantitative estimate of drug-likeness (QED) is 0.621. The van der Waals surface area contributed by atoms with Crippen molar-refractivity contribution in [3.8, 4) is 0 Å². The van der Waals surface area contributed by atoms with Gasteiger partial charge in [0.1, 0.15) is 0 Å². The van der Waals surface area contributed by atoms with Crippen molar-refractivity contribution in [1.29, 1.82) is 0 Å². The molecule has 1 atom stereocenters. The van der Waals surface area contributed by atoms with Crippen molar-refractivity contribution in [1.82, 2.24) is 0 Å². The molecule has 5 heteroatoms. The van der Waals surface area contributed by atoms with Gasteiger partial charge in [0.05, 0.1) is 13.7 Å². The van der Waals surface area contributed by atoms with Crippen LogP contribution in [-0.2, 0) is 13.8 Å². The van der Waals surface area contributed by atoms with Crippen molar-refractivity contribution < 1.29 is 18.6 Å². The molecule has 0 amide bonds. The SMILES string of the molecule is CCOP(=O)(CC)C(=O)OC. The first-order valence-corrected chi connectivity index (χ1v) is 5.23. The van der Waals surface area contributed by atoms with Crippen LogP contribution in [0.2, 0.25) is 0 Å². The lowest BCUT2D eigenvalue weighted by Gasteiger charge is -2.11. The molecular weight excluding hydrogens is 167 g/mol. The van der Waals surface area contributed by atoms with Crippen LogP contribution < -0.4 is 0 Å². The number of ether oxygens (including phenoxy) is 1. The second-order valence-electron chi connectivity index (χ2n) is 1.88. The van der Waals surface area contributed by atoms with E-state index in [1.165, 1.54) is 7.11 Å². The van der Waals surface area contributed by atoms with E-state index in [4.69, 9.17) is 4.52 Å². The van der Waals surface area contributed by atoms with Crippen LogP contribution in [0.3, 0.4) is 0 Å². The van der Waals surface area contributed by atoms with Gasteiger partial charge in [-0.05, 0) is 6.92 Å². The number of hydrogen-bond donors (Lipinski definition) is 0. The summed E-state index contributed by atoms with van der Waals surface area (Å²) in [6, 6.07) is 0. The van der Waals surface area contributed by atoms with Crippen LogP contribution in [0.1, 0.15) is 13.8 Å². The van der Waals surface area contributed by atoms with Crippen LogP contribution in [0.4, 0.5) is 4.79 Å². The van der Waals surface area contributed by atoms with E-state index in [2.05, 4.69) is 4.74 Å². The highest BCUT2D eigenvalue weighted by molar-refractivity contribution is 7.75. The highest BCUT2D eigenvalue weighted by atomic mass is 31.2. The molecule has 0 aromatic carbocycles. The molecule has 0 aromatic heterocycles. The van der Waals surface area contributed by atoms with Crippen molar-refractivity contribution in [2.24, 2.45) is 0 Å². The summed E-state index contributed by atoms with van der Waals surface area (Å²) < 4.78 is 20.6. The van der Waals surface area contributed by atoms with Gasteiger partial charge in [-0.2, -0.15) is 0 Å². The molecule has 4 nitrogen and oxygen atoms in total. The summed E-state index contributed by atoms with van der Waals surface area (Å²) in [6.45, 7) is 3.58. The minimum atomic E-state index is -3.15. The fourth-order valence-corrected chi connectivity index (χ4v) is 1.86. The van der Waals surface area contributed by atoms with Gasteiger partial charge in [0.2, 0.25) is 0 Å². The van der Waals surface area contributed by atoms with Gasteiger partial charge in [-0.25, -0.2) is 4.79 Å². The van der Waals surface area contributed by atoms with Crippen molar-refractivity contribution in [3.05, 3.63) is 0 Å². The standard InChI is InChI=1S/C6H13O4P/c1-4-10-11(8,5-2)6(7)9-3/h4-5H2,1-3H3. The van der Waals surface area contributed by atoms with Crippen molar-refractivity contribution >= 4 is 13.1 Å². The molecule has 1 unspecified atom stereocenters. The van der Waals surface area contributed by atoms with Crippen LogP contribution in [0.5, 0.6) is 0 Å². The molecule has 0 N–H and O–H groups in total. The molecular formula is C6H13O4P. The monoisotopic (exact) mass is 180 g/mol. The summed E-state index contributed by atoms with van der Waals surface area (Å²) in [6.07, 6.45) is 0.188. The Labute approximate surface area is 66.3 Å². The van der Waals surface area contributed by atoms with Crippen LogP contribution in [-0.4, -0.2) is 25.6 Å². The minimum Gasteiger partial charge on any atom is -0.462 e. The zero-order valence-electron chi connectivity index (χ0n) is 6.99. The molecule has 0 rings (SSSR count). The molecule has 66 valence electrons. The average Bonchev–Trinajstić information content (AvgIpc) is 2.03.